The maximum Gasteiger partial charge on any atom is 0.206 e. The molecule has 0 fully saturated rings. The molecule has 0 saturated carbocycles. The third kappa shape index (κ3) is 2.90. The summed E-state index contributed by atoms with van der Waals surface area (Å²) in [5.74, 6) is -1.49. The zero-order valence-corrected chi connectivity index (χ0v) is 12.4. The van der Waals surface area contributed by atoms with Crippen molar-refractivity contribution in [3.05, 3.63) is 23.3 Å². The Bertz CT molecular complexity index is 380. The molecule has 0 radical (unpaired) electrons. The fraction of sp³-hybridized carbons (Fsp3) is 0.667. The second-order valence-corrected chi connectivity index (χ2v) is 6.90. The van der Waals surface area contributed by atoms with Crippen LogP contribution in [0.4, 0.5) is 0 Å². The number of aliphatic hydroxyl groups is 1. The first-order valence-corrected chi connectivity index (χ1v) is 6.19. The van der Waals surface area contributed by atoms with Crippen molar-refractivity contribution in [1.82, 2.24) is 0 Å². The zero-order valence-electron chi connectivity index (χ0n) is 12.4. The highest BCUT2D eigenvalue weighted by atomic mass is 16.6. The van der Waals surface area contributed by atoms with Gasteiger partial charge in [-0.15, -0.1) is 0 Å². The van der Waals surface area contributed by atoms with Gasteiger partial charge in [-0.2, -0.15) is 0 Å². The number of methoxy groups -OCH3 is 1. The Morgan fingerprint density at radius 1 is 1.00 bits per heavy atom. The Hall–Kier alpha value is -0.930. The van der Waals surface area contributed by atoms with Crippen molar-refractivity contribution < 1.29 is 14.6 Å². The molecule has 0 heterocycles. The Morgan fingerprint density at radius 2 is 1.33 bits per heavy atom. The molecule has 0 aromatic heterocycles. The lowest BCUT2D eigenvalue weighted by Gasteiger charge is -2.35. The maximum atomic E-state index is 12.5. The highest BCUT2D eigenvalue weighted by Gasteiger charge is 2.40. The third-order valence-electron chi connectivity index (χ3n) is 3.13. The van der Waals surface area contributed by atoms with Crippen LogP contribution in [0, 0.1) is 10.8 Å². The molecule has 0 saturated heterocycles. The van der Waals surface area contributed by atoms with Crippen molar-refractivity contribution in [3.63, 3.8) is 0 Å². The fourth-order valence-electron chi connectivity index (χ4n) is 1.96. The van der Waals surface area contributed by atoms with Crippen molar-refractivity contribution in [2.45, 2.75) is 47.3 Å². The lowest BCUT2D eigenvalue weighted by Crippen LogP contribution is -2.38. The molecule has 1 N–H and O–H groups in total. The minimum absolute atomic E-state index is 0.00303. The summed E-state index contributed by atoms with van der Waals surface area (Å²) in [6.45, 7) is 11.7. The van der Waals surface area contributed by atoms with Gasteiger partial charge < -0.3 is 9.84 Å². The van der Waals surface area contributed by atoms with Crippen molar-refractivity contribution >= 4 is 5.78 Å². The van der Waals surface area contributed by atoms with Gasteiger partial charge in [0.15, 0.2) is 5.78 Å². The van der Waals surface area contributed by atoms with E-state index < -0.39 is 5.79 Å². The largest absolute Gasteiger partial charge is 0.359 e. The van der Waals surface area contributed by atoms with Gasteiger partial charge in [0.05, 0.1) is 0 Å². The topological polar surface area (TPSA) is 46.5 Å². The quantitative estimate of drug-likeness (QED) is 0.730. The van der Waals surface area contributed by atoms with Crippen molar-refractivity contribution in [1.29, 1.82) is 0 Å². The number of ether oxygens (including phenoxy) is 1. The number of hydrogen-bond acceptors (Lipinski definition) is 3. The van der Waals surface area contributed by atoms with Gasteiger partial charge in [-0.25, -0.2) is 0 Å². The summed E-state index contributed by atoms with van der Waals surface area (Å²) in [7, 11) is 1.43. The summed E-state index contributed by atoms with van der Waals surface area (Å²) < 4.78 is 5.13. The Labute approximate surface area is 110 Å². The van der Waals surface area contributed by atoms with E-state index in [1.165, 1.54) is 19.3 Å². The van der Waals surface area contributed by atoms with Gasteiger partial charge in [-0.05, 0) is 23.0 Å². The summed E-state index contributed by atoms with van der Waals surface area (Å²) in [6.07, 6.45) is 3.04. The van der Waals surface area contributed by atoms with E-state index in [1.807, 2.05) is 41.5 Å². The number of carbonyl (C=O) groups excluding carboxylic acids is 1. The van der Waals surface area contributed by atoms with Gasteiger partial charge in [0.1, 0.15) is 0 Å². The average Bonchev–Trinajstić information content (AvgIpc) is 2.18. The number of hydrogen-bond donors (Lipinski definition) is 1. The molecule has 0 bridgehead atoms. The molecule has 1 rings (SSSR count). The molecule has 0 atom stereocenters. The van der Waals surface area contributed by atoms with Gasteiger partial charge in [-0.1, -0.05) is 41.5 Å². The van der Waals surface area contributed by atoms with E-state index in [4.69, 9.17) is 4.74 Å². The van der Waals surface area contributed by atoms with Crippen molar-refractivity contribution in [2.75, 3.05) is 7.11 Å². The normalized spacial score (nSPS) is 20.6. The molecular formula is C15H24O3. The van der Waals surface area contributed by atoms with Gasteiger partial charge >= 0.3 is 0 Å². The molecular weight excluding hydrogens is 228 g/mol. The van der Waals surface area contributed by atoms with Crippen molar-refractivity contribution in [3.8, 4) is 0 Å². The zero-order chi connectivity index (χ0) is 14.4. The van der Waals surface area contributed by atoms with Crippen LogP contribution < -0.4 is 0 Å². The van der Waals surface area contributed by atoms with Crippen LogP contribution in [0.5, 0.6) is 0 Å². The second-order valence-electron chi connectivity index (χ2n) is 6.90. The van der Waals surface area contributed by atoms with Gasteiger partial charge in [0, 0.05) is 18.3 Å². The average molecular weight is 252 g/mol. The van der Waals surface area contributed by atoms with Crippen LogP contribution in [0.2, 0.25) is 0 Å². The standard InChI is InChI=1S/C15H24O3/c1-13(2,3)10-8-15(17,18-7)9-11(12(10)16)14(4,5)6/h8-9,17H,1-7H3. The van der Waals surface area contributed by atoms with Crippen LogP contribution in [0.1, 0.15) is 41.5 Å². The second kappa shape index (κ2) is 4.32. The SMILES string of the molecule is COC1(O)C=C(C(C)(C)C)C(=O)C(C(C)(C)C)=C1. The smallest absolute Gasteiger partial charge is 0.206 e. The lowest BCUT2D eigenvalue weighted by molar-refractivity contribution is -0.123. The van der Waals surface area contributed by atoms with E-state index in [0.29, 0.717) is 11.1 Å². The summed E-state index contributed by atoms with van der Waals surface area (Å²) in [4.78, 5) is 12.5. The number of ketones is 1. The van der Waals surface area contributed by atoms with E-state index >= 15 is 0 Å². The molecule has 0 unspecified atom stereocenters. The summed E-state index contributed by atoms with van der Waals surface area (Å²) >= 11 is 0. The van der Waals surface area contributed by atoms with Gasteiger partial charge in [-0.3, -0.25) is 4.79 Å². The number of carbonyl (C=O) groups is 1. The molecule has 0 amide bonds. The number of rotatable bonds is 1. The van der Waals surface area contributed by atoms with Gasteiger partial charge in [0.25, 0.3) is 0 Å². The molecule has 102 valence electrons. The predicted molar refractivity (Wildman–Crippen MR) is 72.0 cm³/mol. The van der Waals surface area contributed by atoms with E-state index in [0.717, 1.165) is 0 Å². The maximum absolute atomic E-state index is 12.5. The van der Waals surface area contributed by atoms with Crippen LogP contribution in [0.25, 0.3) is 0 Å². The molecule has 1 aliphatic rings. The van der Waals surface area contributed by atoms with Crippen LogP contribution in [0.15, 0.2) is 23.3 Å². The minimum atomic E-state index is -1.49. The van der Waals surface area contributed by atoms with E-state index in [1.54, 1.807) is 0 Å². The molecule has 0 aliphatic heterocycles. The molecule has 18 heavy (non-hydrogen) atoms. The highest BCUT2D eigenvalue weighted by molar-refractivity contribution is 6.11. The van der Waals surface area contributed by atoms with Crippen LogP contribution in [-0.4, -0.2) is 23.8 Å². The summed E-state index contributed by atoms with van der Waals surface area (Å²) in [5.41, 5.74) is 0.543. The monoisotopic (exact) mass is 252 g/mol. The Morgan fingerprint density at radius 3 is 1.56 bits per heavy atom. The molecule has 0 spiro atoms. The lowest BCUT2D eigenvalue weighted by atomic mass is 9.71. The van der Waals surface area contributed by atoms with Crippen LogP contribution in [0.3, 0.4) is 0 Å². The number of Topliss-reactive ketones (excluding diaryl/α,β-unsaturated/α-hetero) is 1. The minimum Gasteiger partial charge on any atom is -0.359 e. The third-order valence-corrected chi connectivity index (χ3v) is 3.13. The van der Waals surface area contributed by atoms with Crippen LogP contribution in [-0.2, 0) is 9.53 Å². The molecule has 0 aromatic rings. The van der Waals surface area contributed by atoms with E-state index in [-0.39, 0.29) is 16.6 Å². The first-order chi connectivity index (χ1) is 7.91. The molecule has 1 aliphatic carbocycles. The number of allylic oxidation sites excluding steroid dienone is 2. The Kier molecular flexibility index (Phi) is 3.63. The molecule has 0 aromatic carbocycles. The first-order valence-electron chi connectivity index (χ1n) is 6.19. The predicted octanol–water partition coefficient (Wildman–Crippen LogP) is 2.85. The summed E-state index contributed by atoms with van der Waals surface area (Å²) in [5, 5.41) is 10.3. The van der Waals surface area contributed by atoms with Crippen molar-refractivity contribution in [2.24, 2.45) is 10.8 Å². The fourth-order valence-corrected chi connectivity index (χ4v) is 1.96. The first kappa shape index (κ1) is 15.1. The Balaban J connectivity index is 3.40. The van der Waals surface area contributed by atoms with E-state index in [2.05, 4.69) is 0 Å². The highest BCUT2D eigenvalue weighted by Crippen LogP contribution is 2.40. The molecule has 3 nitrogen and oxygen atoms in total. The van der Waals surface area contributed by atoms with Gasteiger partial charge in [0.2, 0.25) is 5.79 Å². The van der Waals surface area contributed by atoms with E-state index in [9.17, 15) is 9.90 Å². The summed E-state index contributed by atoms with van der Waals surface area (Å²) in [6, 6.07) is 0. The van der Waals surface area contributed by atoms with Crippen LogP contribution >= 0.6 is 0 Å². The molecule has 3 heteroatoms.